The van der Waals surface area contributed by atoms with Gasteiger partial charge in [0.25, 0.3) is 0 Å². The predicted molar refractivity (Wildman–Crippen MR) is 88.1 cm³/mol. The molecular formula is C17H31NS. The zero-order valence-corrected chi connectivity index (χ0v) is 13.8. The third kappa shape index (κ3) is 7.12. The lowest BCUT2D eigenvalue weighted by molar-refractivity contribution is 0.158. The van der Waals surface area contributed by atoms with Crippen molar-refractivity contribution in [2.24, 2.45) is 0 Å². The number of piperidine rings is 1. The minimum Gasteiger partial charge on any atom is -0.301 e. The van der Waals surface area contributed by atoms with Gasteiger partial charge in [0.2, 0.25) is 0 Å². The summed E-state index contributed by atoms with van der Waals surface area (Å²) >= 11 is 1.85. The van der Waals surface area contributed by atoms with Gasteiger partial charge in [-0.15, -0.1) is 11.3 Å². The Bertz CT molecular complexity index is 294. The molecule has 0 spiro atoms. The smallest absolute Gasteiger partial charge is 0.00669 e. The van der Waals surface area contributed by atoms with Crippen LogP contribution >= 0.6 is 11.3 Å². The molecule has 2 rings (SSSR count). The molecule has 1 aliphatic rings. The van der Waals surface area contributed by atoms with Crippen molar-refractivity contribution in [1.82, 2.24) is 4.90 Å². The van der Waals surface area contributed by atoms with Crippen LogP contribution in [0.4, 0.5) is 0 Å². The highest BCUT2D eigenvalue weighted by atomic mass is 32.1. The first-order valence-electron chi connectivity index (χ1n) is 8.04. The minimum atomic E-state index is 0.857. The number of unbranched alkanes of at least 4 members (excludes halogenated alkanes) is 1. The van der Waals surface area contributed by atoms with Crippen molar-refractivity contribution in [3.63, 3.8) is 0 Å². The maximum absolute atomic E-state index is 2.65. The molecule has 0 radical (unpaired) electrons. The molecule has 1 atom stereocenters. The summed E-state index contributed by atoms with van der Waals surface area (Å²) in [4.78, 5) is 4.15. The van der Waals surface area contributed by atoms with E-state index in [4.69, 9.17) is 0 Å². The highest BCUT2D eigenvalue weighted by molar-refractivity contribution is 7.09. The third-order valence-corrected chi connectivity index (χ3v) is 4.75. The standard InChI is InChI=1S/C10H21N.C7H10S/c1-3-4-8-11-9-6-5-7-10(11)2;1-2-4-7-5-3-6-8-7/h10H,3-9H2,1-2H3;3,5-6H,2,4H2,1H3. The van der Waals surface area contributed by atoms with Crippen LogP contribution in [-0.4, -0.2) is 24.0 Å². The minimum absolute atomic E-state index is 0.857. The lowest BCUT2D eigenvalue weighted by atomic mass is 10.0. The number of hydrogen-bond acceptors (Lipinski definition) is 2. The molecule has 0 bridgehead atoms. The topological polar surface area (TPSA) is 3.24 Å². The van der Waals surface area contributed by atoms with Crippen LogP contribution < -0.4 is 0 Å². The number of nitrogens with zero attached hydrogens (tertiary/aromatic N) is 1. The molecule has 0 saturated carbocycles. The summed E-state index contributed by atoms with van der Waals surface area (Å²) in [6, 6.07) is 5.15. The first-order valence-corrected chi connectivity index (χ1v) is 8.92. The van der Waals surface area contributed by atoms with Crippen molar-refractivity contribution in [3.05, 3.63) is 22.4 Å². The van der Waals surface area contributed by atoms with Crippen LogP contribution in [0.1, 0.15) is 64.2 Å². The van der Waals surface area contributed by atoms with E-state index in [0.29, 0.717) is 0 Å². The van der Waals surface area contributed by atoms with E-state index < -0.39 is 0 Å². The average Bonchev–Trinajstić information content (AvgIpc) is 2.92. The molecular weight excluding hydrogens is 250 g/mol. The monoisotopic (exact) mass is 281 g/mol. The van der Waals surface area contributed by atoms with Gasteiger partial charge in [0.15, 0.2) is 0 Å². The summed E-state index contributed by atoms with van der Waals surface area (Å²) in [6.07, 6.45) is 9.52. The van der Waals surface area contributed by atoms with Gasteiger partial charge >= 0.3 is 0 Å². The fourth-order valence-corrected chi connectivity index (χ4v) is 3.36. The molecule has 1 unspecified atom stereocenters. The lowest BCUT2D eigenvalue weighted by Crippen LogP contribution is -2.37. The Morgan fingerprint density at radius 2 is 2.11 bits per heavy atom. The SMILES string of the molecule is CCCCN1CCCCC1C.CCCc1cccs1. The van der Waals surface area contributed by atoms with Crippen molar-refractivity contribution < 1.29 is 0 Å². The first kappa shape index (κ1) is 16.7. The zero-order valence-electron chi connectivity index (χ0n) is 13.0. The Hall–Kier alpha value is -0.340. The van der Waals surface area contributed by atoms with E-state index in [1.165, 1.54) is 62.9 Å². The van der Waals surface area contributed by atoms with E-state index in [9.17, 15) is 0 Å². The largest absolute Gasteiger partial charge is 0.301 e. The Morgan fingerprint density at radius 3 is 2.68 bits per heavy atom. The van der Waals surface area contributed by atoms with Crippen LogP contribution in [0.25, 0.3) is 0 Å². The van der Waals surface area contributed by atoms with Crippen molar-refractivity contribution in [2.45, 2.75) is 71.8 Å². The average molecular weight is 282 g/mol. The molecule has 2 heterocycles. The molecule has 1 fully saturated rings. The number of hydrogen-bond donors (Lipinski definition) is 0. The lowest BCUT2D eigenvalue weighted by Gasteiger charge is -2.33. The number of aryl methyl sites for hydroxylation is 1. The highest BCUT2D eigenvalue weighted by Gasteiger charge is 2.16. The van der Waals surface area contributed by atoms with E-state index in [1.807, 2.05) is 11.3 Å². The Kier molecular flexibility index (Phi) is 9.19. The second kappa shape index (κ2) is 10.4. The predicted octanol–water partition coefficient (Wildman–Crippen LogP) is 5.36. The molecule has 1 aromatic heterocycles. The fraction of sp³-hybridized carbons (Fsp3) is 0.765. The van der Waals surface area contributed by atoms with Crippen LogP contribution in [0, 0.1) is 0 Å². The van der Waals surface area contributed by atoms with Crippen LogP contribution in [0.2, 0.25) is 0 Å². The Labute approximate surface area is 124 Å². The Morgan fingerprint density at radius 1 is 1.26 bits per heavy atom. The van der Waals surface area contributed by atoms with Crippen LogP contribution in [0.3, 0.4) is 0 Å². The van der Waals surface area contributed by atoms with Gasteiger partial charge in [0.05, 0.1) is 0 Å². The highest BCUT2D eigenvalue weighted by Crippen LogP contribution is 2.16. The molecule has 0 amide bonds. The van der Waals surface area contributed by atoms with Crippen molar-refractivity contribution in [3.8, 4) is 0 Å². The van der Waals surface area contributed by atoms with Gasteiger partial charge in [-0.3, -0.25) is 0 Å². The summed E-state index contributed by atoms with van der Waals surface area (Å²) in [5.74, 6) is 0. The molecule has 19 heavy (non-hydrogen) atoms. The molecule has 110 valence electrons. The molecule has 0 aliphatic carbocycles. The Balaban J connectivity index is 0.000000200. The van der Waals surface area contributed by atoms with Crippen LogP contribution in [0.5, 0.6) is 0 Å². The summed E-state index contributed by atoms with van der Waals surface area (Å²) in [6.45, 7) is 9.53. The molecule has 1 aromatic rings. The van der Waals surface area contributed by atoms with E-state index in [0.717, 1.165) is 6.04 Å². The molecule has 0 aromatic carbocycles. The van der Waals surface area contributed by atoms with Crippen molar-refractivity contribution >= 4 is 11.3 Å². The fourth-order valence-electron chi connectivity index (χ4n) is 2.55. The van der Waals surface area contributed by atoms with Gasteiger partial charge in [0.1, 0.15) is 0 Å². The summed E-state index contributed by atoms with van der Waals surface area (Å²) < 4.78 is 0. The molecule has 1 saturated heterocycles. The van der Waals surface area contributed by atoms with Gasteiger partial charge in [-0.05, 0) is 57.1 Å². The van der Waals surface area contributed by atoms with Gasteiger partial charge in [-0.1, -0.05) is 39.2 Å². The molecule has 2 heteroatoms. The second-order valence-corrected chi connectivity index (χ2v) is 6.60. The summed E-state index contributed by atoms with van der Waals surface area (Å²) in [5.41, 5.74) is 0. The normalized spacial score (nSPS) is 19.8. The van der Waals surface area contributed by atoms with Crippen LogP contribution in [0.15, 0.2) is 17.5 Å². The van der Waals surface area contributed by atoms with E-state index in [-0.39, 0.29) is 0 Å². The van der Waals surface area contributed by atoms with E-state index in [1.54, 1.807) is 0 Å². The van der Waals surface area contributed by atoms with Crippen molar-refractivity contribution in [1.29, 1.82) is 0 Å². The summed E-state index contributed by atoms with van der Waals surface area (Å²) in [7, 11) is 0. The second-order valence-electron chi connectivity index (χ2n) is 5.56. The quantitative estimate of drug-likeness (QED) is 0.702. The van der Waals surface area contributed by atoms with Crippen molar-refractivity contribution in [2.75, 3.05) is 13.1 Å². The molecule has 0 N–H and O–H groups in total. The number of thiophene rings is 1. The molecule has 1 aliphatic heterocycles. The number of likely N-dealkylation sites (tertiary alicyclic amines) is 1. The van der Waals surface area contributed by atoms with Crippen LogP contribution in [-0.2, 0) is 6.42 Å². The van der Waals surface area contributed by atoms with Gasteiger partial charge in [-0.25, -0.2) is 0 Å². The summed E-state index contributed by atoms with van der Waals surface area (Å²) in [5, 5.41) is 2.13. The maximum Gasteiger partial charge on any atom is 0.00669 e. The molecule has 1 nitrogen and oxygen atoms in total. The van der Waals surface area contributed by atoms with Gasteiger partial charge in [-0.2, -0.15) is 0 Å². The van der Waals surface area contributed by atoms with E-state index in [2.05, 4.69) is 43.2 Å². The van der Waals surface area contributed by atoms with Gasteiger partial charge in [0, 0.05) is 10.9 Å². The first-order chi connectivity index (χ1) is 9.27. The van der Waals surface area contributed by atoms with Gasteiger partial charge < -0.3 is 4.90 Å². The third-order valence-electron chi connectivity index (χ3n) is 3.82. The number of rotatable bonds is 5. The zero-order chi connectivity index (χ0) is 13.9. The van der Waals surface area contributed by atoms with E-state index >= 15 is 0 Å². The maximum atomic E-state index is 2.65.